The van der Waals surface area contributed by atoms with Gasteiger partial charge in [-0.1, -0.05) is 35.9 Å². The van der Waals surface area contributed by atoms with Gasteiger partial charge in [0.05, 0.1) is 0 Å². The Balaban J connectivity index is 2.02. The van der Waals surface area contributed by atoms with Crippen molar-refractivity contribution in [3.63, 3.8) is 0 Å². The van der Waals surface area contributed by atoms with Crippen LogP contribution >= 0.6 is 11.6 Å². The third-order valence-corrected chi connectivity index (χ3v) is 3.29. The molecular weight excluding hydrogens is 265 g/mol. The van der Waals surface area contributed by atoms with E-state index in [1.807, 2.05) is 31.2 Å². The molecule has 0 saturated heterocycles. The molecule has 0 radical (unpaired) electrons. The van der Waals surface area contributed by atoms with Gasteiger partial charge >= 0.3 is 0 Å². The maximum absolute atomic E-state index is 13.2. The summed E-state index contributed by atoms with van der Waals surface area (Å²) in [5, 5.41) is 13.5. The van der Waals surface area contributed by atoms with E-state index >= 15 is 0 Å². The van der Waals surface area contributed by atoms with Crippen molar-refractivity contribution < 1.29 is 9.50 Å². The van der Waals surface area contributed by atoms with E-state index in [2.05, 4.69) is 5.32 Å². The molecule has 100 valence electrons. The van der Waals surface area contributed by atoms with Gasteiger partial charge in [-0.15, -0.1) is 0 Å². The molecule has 0 aliphatic carbocycles. The van der Waals surface area contributed by atoms with Gasteiger partial charge in [-0.2, -0.15) is 0 Å². The van der Waals surface area contributed by atoms with E-state index < -0.39 is 5.82 Å². The standard InChI is InChI=1S/C15H15ClFNO/c1-10(11-5-7-13(16)8-6-11)18-9-12-3-2-4-14(17)15(12)19/h2-8,10,18-19H,9H2,1H3/t10-/m0/s1. The number of benzene rings is 2. The van der Waals surface area contributed by atoms with Crippen LogP contribution in [0.3, 0.4) is 0 Å². The summed E-state index contributed by atoms with van der Waals surface area (Å²) in [7, 11) is 0. The van der Waals surface area contributed by atoms with E-state index in [-0.39, 0.29) is 11.8 Å². The molecule has 2 aromatic rings. The van der Waals surface area contributed by atoms with Crippen LogP contribution in [0.5, 0.6) is 5.75 Å². The van der Waals surface area contributed by atoms with E-state index in [0.29, 0.717) is 17.1 Å². The molecule has 0 amide bonds. The number of hydrogen-bond acceptors (Lipinski definition) is 2. The third-order valence-electron chi connectivity index (χ3n) is 3.04. The van der Waals surface area contributed by atoms with Crippen molar-refractivity contribution in [3.05, 3.63) is 64.4 Å². The normalized spacial score (nSPS) is 12.4. The lowest BCUT2D eigenvalue weighted by molar-refractivity contribution is 0.421. The number of rotatable bonds is 4. The first kappa shape index (κ1) is 13.8. The van der Waals surface area contributed by atoms with Crippen molar-refractivity contribution in [2.45, 2.75) is 19.5 Å². The number of para-hydroxylation sites is 1. The quantitative estimate of drug-likeness (QED) is 0.885. The maximum atomic E-state index is 13.2. The predicted molar refractivity (Wildman–Crippen MR) is 74.8 cm³/mol. The summed E-state index contributed by atoms with van der Waals surface area (Å²) < 4.78 is 13.2. The Morgan fingerprint density at radius 1 is 1.21 bits per heavy atom. The number of hydrogen-bond donors (Lipinski definition) is 2. The molecule has 2 N–H and O–H groups in total. The molecular formula is C15H15ClFNO. The minimum atomic E-state index is -0.599. The van der Waals surface area contributed by atoms with Crippen LogP contribution in [-0.4, -0.2) is 5.11 Å². The van der Waals surface area contributed by atoms with Gasteiger partial charge < -0.3 is 10.4 Å². The smallest absolute Gasteiger partial charge is 0.165 e. The highest BCUT2D eigenvalue weighted by atomic mass is 35.5. The Morgan fingerprint density at radius 3 is 2.58 bits per heavy atom. The second-order valence-corrected chi connectivity index (χ2v) is 4.84. The Morgan fingerprint density at radius 2 is 1.89 bits per heavy atom. The third kappa shape index (κ3) is 3.46. The second-order valence-electron chi connectivity index (χ2n) is 4.40. The number of nitrogens with one attached hydrogen (secondary N) is 1. The van der Waals surface area contributed by atoms with Crippen LogP contribution in [0, 0.1) is 5.82 Å². The zero-order valence-electron chi connectivity index (χ0n) is 10.5. The van der Waals surface area contributed by atoms with Crippen molar-refractivity contribution in [2.24, 2.45) is 0 Å². The fraction of sp³-hybridized carbons (Fsp3) is 0.200. The molecule has 2 aromatic carbocycles. The first-order valence-corrected chi connectivity index (χ1v) is 6.41. The monoisotopic (exact) mass is 279 g/mol. The highest BCUT2D eigenvalue weighted by molar-refractivity contribution is 6.30. The van der Waals surface area contributed by atoms with Crippen molar-refractivity contribution in [3.8, 4) is 5.75 Å². The summed E-state index contributed by atoms with van der Waals surface area (Å²) in [5.41, 5.74) is 1.63. The second kappa shape index (κ2) is 6.04. The number of halogens is 2. The van der Waals surface area contributed by atoms with Gasteiger partial charge in [0.25, 0.3) is 0 Å². The Bertz CT molecular complexity index is 557. The van der Waals surface area contributed by atoms with Gasteiger partial charge in [0.15, 0.2) is 11.6 Å². The molecule has 0 aliphatic rings. The van der Waals surface area contributed by atoms with Gasteiger partial charge in [-0.3, -0.25) is 0 Å². The summed E-state index contributed by atoms with van der Waals surface area (Å²) in [6.45, 7) is 2.40. The molecule has 19 heavy (non-hydrogen) atoms. The summed E-state index contributed by atoms with van der Waals surface area (Å²) in [6.07, 6.45) is 0. The lowest BCUT2D eigenvalue weighted by atomic mass is 10.1. The van der Waals surface area contributed by atoms with Crippen LogP contribution in [0.4, 0.5) is 4.39 Å². The highest BCUT2D eigenvalue weighted by Gasteiger charge is 2.09. The number of phenolic OH excluding ortho intramolecular Hbond substituents is 1. The first-order valence-electron chi connectivity index (χ1n) is 6.03. The zero-order chi connectivity index (χ0) is 13.8. The molecule has 1 atom stereocenters. The van der Waals surface area contributed by atoms with E-state index in [1.54, 1.807) is 12.1 Å². The van der Waals surface area contributed by atoms with Crippen molar-refractivity contribution in [2.75, 3.05) is 0 Å². The summed E-state index contributed by atoms with van der Waals surface area (Å²) in [4.78, 5) is 0. The SMILES string of the molecule is C[C@H](NCc1cccc(F)c1O)c1ccc(Cl)cc1. The Labute approximate surface area is 116 Å². The minimum Gasteiger partial charge on any atom is -0.505 e. The van der Waals surface area contributed by atoms with Crippen LogP contribution in [-0.2, 0) is 6.54 Å². The van der Waals surface area contributed by atoms with Crippen molar-refractivity contribution in [1.82, 2.24) is 5.32 Å². The molecule has 0 aliphatic heterocycles. The average Bonchev–Trinajstić information content (AvgIpc) is 2.41. The molecule has 0 spiro atoms. The molecule has 0 heterocycles. The Kier molecular flexibility index (Phi) is 4.40. The maximum Gasteiger partial charge on any atom is 0.165 e. The van der Waals surface area contributed by atoms with Gasteiger partial charge in [-0.05, 0) is 30.7 Å². The highest BCUT2D eigenvalue weighted by Crippen LogP contribution is 2.22. The van der Waals surface area contributed by atoms with Crippen LogP contribution in [0.1, 0.15) is 24.1 Å². The predicted octanol–water partition coefficient (Wildman–Crippen LogP) is 4.04. The van der Waals surface area contributed by atoms with Crippen LogP contribution in [0.25, 0.3) is 0 Å². The molecule has 0 fully saturated rings. The van der Waals surface area contributed by atoms with Gasteiger partial charge in [-0.25, -0.2) is 4.39 Å². The van der Waals surface area contributed by atoms with Gasteiger partial charge in [0.2, 0.25) is 0 Å². The molecule has 0 unspecified atom stereocenters. The largest absolute Gasteiger partial charge is 0.505 e. The molecule has 0 bridgehead atoms. The van der Waals surface area contributed by atoms with Crippen molar-refractivity contribution >= 4 is 11.6 Å². The topological polar surface area (TPSA) is 32.3 Å². The lowest BCUT2D eigenvalue weighted by Gasteiger charge is -2.15. The van der Waals surface area contributed by atoms with Crippen LogP contribution in [0.15, 0.2) is 42.5 Å². The fourth-order valence-electron chi connectivity index (χ4n) is 1.84. The zero-order valence-corrected chi connectivity index (χ0v) is 11.3. The van der Waals surface area contributed by atoms with Gasteiger partial charge in [0, 0.05) is 23.2 Å². The minimum absolute atomic E-state index is 0.0833. The molecule has 0 aromatic heterocycles. The Hall–Kier alpha value is -1.58. The number of aromatic hydroxyl groups is 1. The van der Waals surface area contributed by atoms with Crippen LogP contribution < -0.4 is 5.32 Å². The van der Waals surface area contributed by atoms with E-state index in [1.165, 1.54) is 6.07 Å². The first-order chi connectivity index (χ1) is 9.08. The summed E-state index contributed by atoms with van der Waals surface area (Å²) in [6, 6.07) is 12.1. The average molecular weight is 280 g/mol. The molecule has 4 heteroatoms. The fourth-order valence-corrected chi connectivity index (χ4v) is 1.96. The molecule has 2 rings (SSSR count). The molecule has 0 saturated carbocycles. The number of phenols is 1. The van der Waals surface area contributed by atoms with E-state index in [0.717, 1.165) is 5.56 Å². The van der Waals surface area contributed by atoms with E-state index in [4.69, 9.17) is 11.6 Å². The summed E-state index contributed by atoms with van der Waals surface area (Å²) in [5.74, 6) is -0.892. The van der Waals surface area contributed by atoms with Crippen LogP contribution in [0.2, 0.25) is 5.02 Å². The summed E-state index contributed by atoms with van der Waals surface area (Å²) >= 11 is 5.83. The lowest BCUT2D eigenvalue weighted by Crippen LogP contribution is -2.18. The molecule has 2 nitrogen and oxygen atoms in total. The van der Waals surface area contributed by atoms with Crippen molar-refractivity contribution in [1.29, 1.82) is 0 Å². The van der Waals surface area contributed by atoms with E-state index in [9.17, 15) is 9.50 Å². The van der Waals surface area contributed by atoms with Gasteiger partial charge in [0.1, 0.15) is 0 Å².